The van der Waals surface area contributed by atoms with Crippen LogP contribution in [0.2, 0.25) is 0 Å². The van der Waals surface area contributed by atoms with E-state index < -0.39 is 5.41 Å². The minimum atomic E-state index is -0.448. The van der Waals surface area contributed by atoms with Gasteiger partial charge in [-0.05, 0) is 17.9 Å². The molecule has 0 N–H and O–H groups in total. The van der Waals surface area contributed by atoms with Crippen LogP contribution in [0.5, 0.6) is 0 Å². The average Bonchev–Trinajstić information content (AvgIpc) is 2.71. The van der Waals surface area contributed by atoms with Crippen molar-refractivity contribution in [2.45, 2.75) is 23.5 Å². The molecule has 0 aromatic heterocycles. The Bertz CT molecular complexity index is 596. The van der Waals surface area contributed by atoms with Gasteiger partial charge in [0, 0.05) is 25.6 Å². The summed E-state index contributed by atoms with van der Waals surface area (Å²) >= 11 is 1.54. The maximum absolute atomic E-state index is 12.4. The maximum Gasteiger partial charge on any atom is 0.227 e. The first kappa shape index (κ1) is 13.4. The molecule has 1 aliphatic heterocycles. The Balaban J connectivity index is 2.17. The van der Waals surface area contributed by atoms with Gasteiger partial charge in [-0.15, -0.1) is 11.8 Å². The number of allylic oxidation sites excluding steroid dienone is 1. The number of benzene rings is 1. The number of carbonyl (C=O) groups excluding carboxylic acids is 2. The van der Waals surface area contributed by atoms with Gasteiger partial charge in [0.25, 0.3) is 0 Å². The fourth-order valence-electron chi connectivity index (χ4n) is 3.29. The number of likely N-dealkylation sites (tertiary alicyclic amines) is 1. The predicted octanol–water partition coefficient (Wildman–Crippen LogP) is 2.37. The molecule has 1 fully saturated rings. The smallest absolute Gasteiger partial charge is 0.227 e. The quantitative estimate of drug-likeness (QED) is 0.838. The third-order valence-corrected chi connectivity index (χ3v) is 5.27. The average molecular weight is 287 g/mol. The number of likely N-dealkylation sites (N-methyl/N-ethyl adjacent to an activating group) is 1. The van der Waals surface area contributed by atoms with E-state index in [2.05, 4.69) is 0 Å². The zero-order valence-corrected chi connectivity index (χ0v) is 12.4. The fourth-order valence-corrected chi connectivity index (χ4v) is 3.90. The second-order valence-corrected chi connectivity index (χ2v) is 6.41. The highest BCUT2D eigenvalue weighted by Gasteiger charge is 2.51. The lowest BCUT2D eigenvalue weighted by Gasteiger charge is -2.36. The molecule has 0 spiro atoms. The van der Waals surface area contributed by atoms with E-state index in [1.807, 2.05) is 49.7 Å². The van der Waals surface area contributed by atoms with E-state index in [0.717, 1.165) is 11.3 Å². The summed E-state index contributed by atoms with van der Waals surface area (Å²) < 4.78 is 0. The number of rotatable bonds is 2. The van der Waals surface area contributed by atoms with Gasteiger partial charge >= 0.3 is 0 Å². The summed E-state index contributed by atoms with van der Waals surface area (Å²) in [5, 5.41) is -0.129. The van der Waals surface area contributed by atoms with E-state index in [-0.39, 0.29) is 16.9 Å². The molecule has 1 aromatic carbocycles. The number of thioether (sulfide) groups is 1. The highest BCUT2D eigenvalue weighted by Crippen LogP contribution is 2.49. The maximum atomic E-state index is 12.4. The van der Waals surface area contributed by atoms with Crippen molar-refractivity contribution in [2.24, 2.45) is 0 Å². The molecule has 0 saturated carbocycles. The Hall–Kier alpha value is -1.55. The van der Waals surface area contributed by atoms with Gasteiger partial charge in [-0.25, -0.2) is 0 Å². The Morgan fingerprint density at radius 3 is 2.55 bits per heavy atom. The van der Waals surface area contributed by atoms with Gasteiger partial charge in [-0.2, -0.15) is 0 Å². The van der Waals surface area contributed by atoms with Crippen molar-refractivity contribution in [3.05, 3.63) is 47.7 Å². The van der Waals surface area contributed by atoms with Crippen LogP contribution in [0, 0.1) is 0 Å². The Labute approximate surface area is 123 Å². The number of Topliss-reactive ketones (excluding diaryl/α,β-unsaturated/α-hetero) is 1. The summed E-state index contributed by atoms with van der Waals surface area (Å²) in [6, 6.07) is 9.94. The Morgan fingerprint density at radius 2 is 1.90 bits per heavy atom. The topological polar surface area (TPSA) is 37.4 Å². The first-order chi connectivity index (χ1) is 9.58. The molecular formula is C16H17NO2S. The molecular weight excluding hydrogens is 270 g/mol. The molecule has 0 radical (unpaired) electrons. The second kappa shape index (κ2) is 4.77. The molecule has 1 heterocycles. The molecule has 1 saturated heterocycles. The van der Waals surface area contributed by atoms with Gasteiger partial charge in [-0.1, -0.05) is 30.3 Å². The highest BCUT2D eigenvalue weighted by atomic mass is 32.2. The number of fused-ring (bicyclic) bond motifs is 1. The van der Waals surface area contributed by atoms with E-state index in [0.29, 0.717) is 12.8 Å². The molecule has 3 nitrogen and oxygen atoms in total. The van der Waals surface area contributed by atoms with Crippen LogP contribution in [0.1, 0.15) is 18.4 Å². The summed E-state index contributed by atoms with van der Waals surface area (Å²) in [6.45, 7) is 0. The van der Waals surface area contributed by atoms with Gasteiger partial charge in [0.15, 0.2) is 5.78 Å². The molecule has 3 rings (SSSR count). The van der Waals surface area contributed by atoms with Crippen molar-refractivity contribution < 1.29 is 9.59 Å². The summed E-state index contributed by atoms with van der Waals surface area (Å²) in [5.74, 6) is 0.308. The minimum absolute atomic E-state index is 0.0923. The van der Waals surface area contributed by atoms with Crippen LogP contribution in [-0.4, -0.2) is 35.1 Å². The van der Waals surface area contributed by atoms with E-state index in [1.165, 1.54) is 11.8 Å². The van der Waals surface area contributed by atoms with Crippen molar-refractivity contribution in [1.82, 2.24) is 4.90 Å². The van der Waals surface area contributed by atoms with Crippen molar-refractivity contribution in [2.75, 3.05) is 13.3 Å². The standard InChI is InChI=1S/C16H17NO2S/c1-17-14-8-13(20-2)12(18)9-16(14,10-15(17)19)11-6-4-3-5-7-11/h3-8,13H,9-10H2,1-2H3/t13-,16-/m1/s1. The predicted molar refractivity (Wildman–Crippen MR) is 80.5 cm³/mol. The van der Waals surface area contributed by atoms with Crippen LogP contribution < -0.4 is 0 Å². The third-order valence-electron chi connectivity index (χ3n) is 4.36. The monoisotopic (exact) mass is 287 g/mol. The lowest BCUT2D eigenvalue weighted by Crippen LogP contribution is -2.38. The third kappa shape index (κ3) is 1.82. The van der Waals surface area contributed by atoms with Crippen LogP contribution in [0.25, 0.3) is 0 Å². The zero-order chi connectivity index (χ0) is 14.3. The Morgan fingerprint density at radius 1 is 1.20 bits per heavy atom. The first-order valence-electron chi connectivity index (χ1n) is 6.68. The largest absolute Gasteiger partial charge is 0.319 e. The van der Waals surface area contributed by atoms with Crippen LogP contribution >= 0.6 is 11.8 Å². The van der Waals surface area contributed by atoms with Gasteiger partial charge < -0.3 is 4.90 Å². The number of hydrogen-bond acceptors (Lipinski definition) is 3. The molecule has 20 heavy (non-hydrogen) atoms. The van der Waals surface area contributed by atoms with E-state index >= 15 is 0 Å². The normalized spacial score (nSPS) is 29.4. The van der Waals surface area contributed by atoms with E-state index in [1.54, 1.807) is 4.90 Å². The van der Waals surface area contributed by atoms with Crippen molar-refractivity contribution >= 4 is 23.5 Å². The lowest BCUT2D eigenvalue weighted by molar-refractivity contribution is -0.125. The molecule has 104 valence electrons. The van der Waals surface area contributed by atoms with Gasteiger partial charge in [-0.3, -0.25) is 9.59 Å². The molecule has 4 heteroatoms. The van der Waals surface area contributed by atoms with E-state index in [9.17, 15) is 9.59 Å². The number of nitrogens with zero attached hydrogens (tertiary/aromatic N) is 1. The summed E-state index contributed by atoms with van der Waals surface area (Å²) in [5.41, 5.74) is 1.61. The van der Waals surface area contributed by atoms with Crippen LogP contribution in [0.3, 0.4) is 0 Å². The van der Waals surface area contributed by atoms with Gasteiger partial charge in [0.05, 0.1) is 10.7 Å². The number of hydrogen-bond donors (Lipinski definition) is 0. The molecule has 0 unspecified atom stereocenters. The first-order valence-corrected chi connectivity index (χ1v) is 7.97. The van der Waals surface area contributed by atoms with Gasteiger partial charge in [0.1, 0.15) is 0 Å². The molecule has 0 bridgehead atoms. The number of amides is 1. The van der Waals surface area contributed by atoms with Crippen LogP contribution in [-0.2, 0) is 15.0 Å². The highest BCUT2D eigenvalue weighted by molar-refractivity contribution is 8.00. The van der Waals surface area contributed by atoms with Crippen molar-refractivity contribution in [3.8, 4) is 0 Å². The summed E-state index contributed by atoms with van der Waals surface area (Å²) in [7, 11) is 1.81. The second-order valence-electron chi connectivity index (χ2n) is 5.43. The number of ketones is 1. The molecule has 1 amide bonds. The molecule has 2 atom stereocenters. The molecule has 2 aliphatic rings. The van der Waals surface area contributed by atoms with E-state index in [4.69, 9.17) is 0 Å². The summed E-state index contributed by atoms with van der Waals surface area (Å²) in [6.07, 6.45) is 4.73. The fraction of sp³-hybridized carbons (Fsp3) is 0.375. The van der Waals surface area contributed by atoms with Crippen molar-refractivity contribution in [1.29, 1.82) is 0 Å². The SMILES string of the molecule is CS[C@@H]1C=C2N(C)C(=O)C[C@@]2(c2ccccc2)CC1=O. The Kier molecular flexibility index (Phi) is 3.21. The minimum Gasteiger partial charge on any atom is -0.319 e. The lowest BCUT2D eigenvalue weighted by atomic mass is 9.70. The van der Waals surface area contributed by atoms with Gasteiger partial charge in [0.2, 0.25) is 5.91 Å². The van der Waals surface area contributed by atoms with Crippen molar-refractivity contribution in [3.63, 3.8) is 0 Å². The van der Waals surface area contributed by atoms with Crippen LogP contribution in [0.4, 0.5) is 0 Å². The summed E-state index contributed by atoms with van der Waals surface area (Å²) in [4.78, 5) is 26.3. The molecule has 1 aliphatic carbocycles. The number of carbonyl (C=O) groups is 2. The molecule has 1 aromatic rings. The van der Waals surface area contributed by atoms with Crippen LogP contribution in [0.15, 0.2) is 42.1 Å². The zero-order valence-electron chi connectivity index (χ0n) is 11.6.